The molecule has 0 saturated carbocycles. The van der Waals surface area contributed by atoms with Crippen molar-refractivity contribution < 1.29 is 19.0 Å². The number of nitrogens with zero attached hydrogens (tertiary/aromatic N) is 2. The van der Waals surface area contributed by atoms with Crippen LogP contribution >= 0.6 is 0 Å². The number of aromatic nitrogens is 2. The quantitative estimate of drug-likeness (QED) is 0.517. The van der Waals surface area contributed by atoms with Gasteiger partial charge in [0, 0.05) is 6.20 Å². The van der Waals surface area contributed by atoms with Crippen LogP contribution in [0.4, 0.5) is 5.69 Å². The number of hydrogen-bond donors (Lipinski definition) is 1. The molecule has 4 aromatic rings. The van der Waals surface area contributed by atoms with Crippen LogP contribution < -0.4 is 19.5 Å². The van der Waals surface area contributed by atoms with Crippen LogP contribution in [0.3, 0.4) is 0 Å². The molecule has 1 N–H and O–H groups in total. The zero-order chi connectivity index (χ0) is 21.0. The fourth-order valence-corrected chi connectivity index (χ4v) is 3.49. The number of benzene rings is 3. The Morgan fingerprint density at radius 1 is 1.06 bits per heavy atom. The van der Waals surface area contributed by atoms with Crippen molar-refractivity contribution in [2.75, 3.05) is 18.5 Å². The van der Waals surface area contributed by atoms with Gasteiger partial charge in [-0.3, -0.25) is 9.48 Å². The normalized spacial score (nSPS) is 14.9. The van der Waals surface area contributed by atoms with E-state index in [-0.39, 0.29) is 18.6 Å². The van der Waals surface area contributed by atoms with Gasteiger partial charge in [-0.15, -0.1) is 0 Å². The first kappa shape index (κ1) is 19.0. The van der Waals surface area contributed by atoms with E-state index in [1.807, 2.05) is 66.7 Å². The highest BCUT2D eigenvalue weighted by Gasteiger charge is 2.21. The van der Waals surface area contributed by atoms with Gasteiger partial charge in [0.25, 0.3) is 5.91 Å². The maximum Gasteiger partial charge on any atom is 0.262 e. The second-order valence-corrected chi connectivity index (χ2v) is 7.29. The highest BCUT2D eigenvalue weighted by atomic mass is 16.6. The predicted molar refractivity (Wildman–Crippen MR) is 117 cm³/mol. The van der Waals surface area contributed by atoms with Gasteiger partial charge in [0.2, 0.25) is 0 Å². The fraction of sp³-hybridized carbons (Fsp3) is 0.167. The SMILES string of the molecule is O=C(COc1ccc2ccccc2c1)Nc1cnn(CC2COc3ccccc3O2)c1. The molecule has 156 valence electrons. The van der Waals surface area contributed by atoms with Crippen molar-refractivity contribution in [1.29, 1.82) is 0 Å². The van der Waals surface area contributed by atoms with Crippen molar-refractivity contribution in [2.45, 2.75) is 12.6 Å². The predicted octanol–water partition coefficient (Wildman–Crippen LogP) is 3.89. The third-order valence-corrected chi connectivity index (χ3v) is 4.97. The van der Waals surface area contributed by atoms with Crippen molar-refractivity contribution in [3.8, 4) is 17.2 Å². The molecule has 1 aromatic heterocycles. The molecule has 1 amide bonds. The van der Waals surface area contributed by atoms with Crippen LogP contribution in [0.25, 0.3) is 10.8 Å². The fourth-order valence-electron chi connectivity index (χ4n) is 3.49. The van der Waals surface area contributed by atoms with E-state index < -0.39 is 0 Å². The Morgan fingerprint density at radius 2 is 1.87 bits per heavy atom. The van der Waals surface area contributed by atoms with Crippen LogP contribution in [0.15, 0.2) is 79.1 Å². The maximum atomic E-state index is 12.3. The number of hydrogen-bond acceptors (Lipinski definition) is 5. The van der Waals surface area contributed by atoms with E-state index >= 15 is 0 Å². The number of fused-ring (bicyclic) bond motifs is 2. The summed E-state index contributed by atoms with van der Waals surface area (Å²) >= 11 is 0. The zero-order valence-corrected chi connectivity index (χ0v) is 16.7. The second-order valence-electron chi connectivity index (χ2n) is 7.29. The molecular weight excluding hydrogens is 394 g/mol. The molecule has 1 atom stereocenters. The number of ether oxygens (including phenoxy) is 3. The van der Waals surface area contributed by atoms with Crippen LogP contribution in [0, 0.1) is 0 Å². The lowest BCUT2D eigenvalue weighted by Gasteiger charge is -2.26. The number of carbonyl (C=O) groups excluding carboxylic acids is 1. The lowest BCUT2D eigenvalue weighted by molar-refractivity contribution is -0.118. The molecule has 1 unspecified atom stereocenters. The molecule has 1 aliphatic rings. The lowest BCUT2D eigenvalue weighted by Crippen LogP contribution is -2.33. The molecular formula is C24H21N3O4. The van der Waals surface area contributed by atoms with Crippen molar-refractivity contribution in [3.05, 3.63) is 79.1 Å². The average molecular weight is 415 g/mol. The zero-order valence-electron chi connectivity index (χ0n) is 16.7. The topological polar surface area (TPSA) is 74.6 Å². The Hall–Kier alpha value is -4.00. The van der Waals surface area contributed by atoms with E-state index in [1.54, 1.807) is 17.1 Å². The van der Waals surface area contributed by atoms with Crippen molar-refractivity contribution in [1.82, 2.24) is 9.78 Å². The van der Waals surface area contributed by atoms with Gasteiger partial charge in [-0.2, -0.15) is 5.10 Å². The molecule has 7 heteroatoms. The summed E-state index contributed by atoms with van der Waals surface area (Å²) in [5, 5.41) is 9.30. The Bertz CT molecular complexity index is 1220. The molecule has 0 bridgehead atoms. The van der Waals surface area contributed by atoms with Gasteiger partial charge in [0.1, 0.15) is 12.4 Å². The summed E-state index contributed by atoms with van der Waals surface area (Å²) in [6, 6.07) is 21.3. The first-order chi connectivity index (χ1) is 15.2. The number of anilines is 1. The van der Waals surface area contributed by atoms with Crippen LogP contribution in [-0.4, -0.2) is 35.0 Å². The standard InChI is InChI=1S/C24H21N3O4/c28-24(16-29-20-10-9-17-5-1-2-6-18(17)11-20)26-19-12-25-27(13-19)14-21-15-30-22-7-3-4-8-23(22)31-21/h1-13,21H,14-16H2,(H,26,28). The third-order valence-electron chi connectivity index (χ3n) is 4.97. The number of rotatable bonds is 6. The minimum atomic E-state index is -0.251. The van der Waals surface area contributed by atoms with Gasteiger partial charge in [-0.1, -0.05) is 42.5 Å². The molecule has 0 spiro atoms. The van der Waals surface area contributed by atoms with Crippen molar-refractivity contribution in [3.63, 3.8) is 0 Å². The van der Waals surface area contributed by atoms with Crippen LogP contribution in [0.5, 0.6) is 17.2 Å². The minimum Gasteiger partial charge on any atom is -0.486 e. The Labute approximate surface area is 179 Å². The van der Waals surface area contributed by atoms with E-state index in [2.05, 4.69) is 10.4 Å². The molecule has 0 aliphatic carbocycles. The first-order valence-corrected chi connectivity index (χ1v) is 10.1. The maximum absolute atomic E-state index is 12.3. The third kappa shape index (κ3) is 4.45. The van der Waals surface area contributed by atoms with Gasteiger partial charge >= 0.3 is 0 Å². The molecule has 7 nitrogen and oxygen atoms in total. The highest BCUT2D eigenvalue weighted by molar-refractivity contribution is 5.91. The monoisotopic (exact) mass is 415 g/mol. The lowest BCUT2D eigenvalue weighted by atomic mass is 10.1. The summed E-state index contributed by atoms with van der Waals surface area (Å²) in [7, 11) is 0. The van der Waals surface area contributed by atoms with Crippen molar-refractivity contribution in [2.24, 2.45) is 0 Å². The number of amides is 1. The van der Waals surface area contributed by atoms with Gasteiger partial charge in [0.15, 0.2) is 24.2 Å². The summed E-state index contributed by atoms with van der Waals surface area (Å²) in [4.78, 5) is 12.3. The molecule has 5 rings (SSSR count). The average Bonchev–Trinajstić information content (AvgIpc) is 3.24. The highest BCUT2D eigenvalue weighted by Crippen LogP contribution is 2.31. The van der Waals surface area contributed by atoms with E-state index in [9.17, 15) is 4.79 Å². The Morgan fingerprint density at radius 3 is 2.77 bits per heavy atom. The summed E-state index contributed by atoms with van der Waals surface area (Å²) in [6.45, 7) is 0.871. The molecule has 0 radical (unpaired) electrons. The number of nitrogens with one attached hydrogen (secondary N) is 1. The van der Waals surface area contributed by atoms with Crippen LogP contribution in [-0.2, 0) is 11.3 Å². The minimum absolute atomic E-state index is 0.0835. The van der Waals surface area contributed by atoms with Crippen LogP contribution in [0.2, 0.25) is 0 Å². The van der Waals surface area contributed by atoms with E-state index in [4.69, 9.17) is 14.2 Å². The van der Waals surface area contributed by atoms with Gasteiger partial charge in [0.05, 0.1) is 18.4 Å². The van der Waals surface area contributed by atoms with E-state index in [1.165, 1.54) is 0 Å². The van der Waals surface area contributed by atoms with Gasteiger partial charge in [-0.25, -0.2) is 0 Å². The van der Waals surface area contributed by atoms with Crippen LogP contribution in [0.1, 0.15) is 0 Å². The number of para-hydroxylation sites is 2. The summed E-state index contributed by atoms with van der Waals surface area (Å²) in [5.74, 6) is 1.88. The second kappa shape index (κ2) is 8.39. The Balaban J connectivity index is 1.13. The molecule has 1 aliphatic heterocycles. The van der Waals surface area contributed by atoms with Crippen molar-refractivity contribution >= 4 is 22.4 Å². The van der Waals surface area contributed by atoms with E-state index in [0.717, 1.165) is 22.3 Å². The molecule has 3 aromatic carbocycles. The smallest absolute Gasteiger partial charge is 0.262 e. The molecule has 2 heterocycles. The largest absolute Gasteiger partial charge is 0.486 e. The van der Waals surface area contributed by atoms with Gasteiger partial charge in [-0.05, 0) is 35.0 Å². The molecule has 0 fully saturated rings. The first-order valence-electron chi connectivity index (χ1n) is 10.1. The van der Waals surface area contributed by atoms with Gasteiger partial charge < -0.3 is 19.5 Å². The number of carbonyl (C=O) groups is 1. The summed E-state index contributed by atoms with van der Waals surface area (Å²) < 4.78 is 19.0. The summed E-state index contributed by atoms with van der Waals surface area (Å²) in [5.41, 5.74) is 0.601. The Kier molecular flexibility index (Phi) is 5.14. The molecule has 0 saturated heterocycles. The summed E-state index contributed by atoms with van der Waals surface area (Å²) in [6.07, 6.45) is 3.21. The molecule has 31 heavy (non-hydrogen) atoms. The van der Waals surface area contributed by atoms with E-state index in [0.29, 0.717) is 24.6 Å².